The number of nitrogens with two attached hydrogens (primary N) is 1. The first-order valence-electron chi connectivity index (χ1n) is 10.3. The number of carbonyl (C=O) groups is 1. The Hall–Kier alpha value is -2.96. The van der Waals surface area contributed by atoms with E-state index < -0.39 is 0 Å². The lowest BCUT2D eigenvalue weighted by Gasteiger charge is -2.35. The van der Waals surface area contributed by atoms with Gasteiger partial charge in [0.15, 0.2) is 5.78 Å². The summed E-state index contributed by atoms with van der Waals surface area (Å²) in [4.78, 5) is 24.4. The molecule has 3 N–H and O–H groups in total. The summed E-state index contributed by atoms with van der Waals surface area (Å²) in [7, 11) is 0. The zero-order valence-corrected chi connectivity index (χ0v) is 16.2. The molecule has 1 aromatic carbocycles. The topological polar surface area (TPSA) is 84.1 Å². The normalized spacial score (nSPS) is 21.5. The second-order valence-corrected chi connectivity index (χ2v) is 8.00. The molecule has 0 amide bonds. The largest absolute Gasteiger partial charge is 0.383 e. The fourth-order valence-electron chi connectivity index (χ4n) is 4.69. The van der Waals surface area contributed by atoms with E-state index in [4.69, 9.17) is 10.7 Å². The molecule has 3 heterocycles. The van der Waals surface area contributed by atoms with Gasteiger partial charge < -0.3 is 16.0 Å². The summed E-state index contributed by atoms with van der Waals surface area (Å²) in [5, 5.41) is 3.39. The highest BCUT2D eigenvalue weighted by molar-refractivity contribution is 6.01. The van der Waals surface area contributed by atoms with E-state index in [0.717, 1.165) is 55.6 Å². The van der Waals surface area contributed by atoms with E-state index in [1.165, 1.54) is 18.6 Å². The molecular weight excluding hydrogens is 369 g/mol. The van der Waals surface area contributed by atoms with Gasteiger partial charge in [-0.2, -0.15) is 9.97 Å². The van der Waals surface area contributed by atoms with Gasteiger partial charge in [0.25, 0.3) is 0 Å². The smallest absolute Gasteiger partial charge is 0.229 e. The first-order chi connectivity index (χ1) is 14.1. The van der Waals surface area contributed by atoms with Gasteiger partial charge >= 0.3 is 0 Å². The van der Waals surface area contributed by atoms with Gasteiger partial charge in [-0.15, -0.1) is 0 Å². The number of nitrogen functional groups attached to an aromatic ring is 1. The molecule has 6 nitrogen and oxygen atoms in total. The van der Waals surface area contributed by atoms with E-state index in [0.29, 0.717) is 29.6 Å². The van der Waals surface area contributed by atoms with Crippen molar-refractivity contribution < 1.29 is 9.18 Å². The van der Waals surface area contributed by atoms with Crippen molar-refractivity contribution in [3.05, 3.63) is 52.5 Å². The quantitative estimate of drug-likeness (QED) is 0.808. The highest BCUT2D eigenvalue weighted by atomic mass is 19.1. The van der Waals surface area contributed by atoms with Crippen LogP contribution in [0.15, 0.2) is 35.5 Å². The van der Waals surface area contributed by atoms with E-state index >= 15 is 0 Å². The third-order valence-corrected chi connectivity index (χ3v) is 6.11. The van der Waals surface area contributed by atoms with E-state index in [1.54, 1.807) is 12.1 Å². The van der Waals surface area contributed by atoms with Crippen LogP contribution in [-0.2, 0) is 4.79 Å². The molecule has 2 aromatic rings. The molecule has 150 valence electrons. The number of carbonyl (C=O) groups excluding carboxylic acids is 1. The predicted octanol–water partition coefficient (Wildman–Crippen LogP) is 3.75. The van der Waals surface area contributed by atoms with Crippen molar-refractivity contribution in [3.8, 4) is 0 Å². The number of hydrogen-bond acceptors (Lipinski definition) is 6. The van der Waals surface area contributed by atoms with E-state index in [2.05, 4.69) is 15.2 Å². The minimum Gasteiger partial charge on any atom is -0.383 e. The number of allylic oxidation sites excluding steroid dienone is 2. The van der Waals surface area contributed by atoms with E-state index in [-0.39, 0.29) is 17.5 Å². The number of nitrogens with zero attached hydrogens (tertiary/aromatic N) is 3. The van der Waals surface area contributed by atoms with Gasteiger partial charge in [-0.05, 0) is 49.8 Å². The Kier molecular flexibility index (Phi) is 4.45. The number of Topliss-reactive ketones (excluding diaryl/α,β-unsaturated/α-hetero) is 1. The Morgan fingerprint density at radius 3 is 2.55 bits per heavy atom. The zero-order valence-electron chi connectivity index (χ0n) is 16.2. The maximum Gasteiger partial charge on any atom is 0.229 e. The third kappa shape index (κ3) is 3.14. The van der Waals surface area contributed by atoms with Crippen LogP contribution in [0.1, 0.15) is 55.6 Å². The number of hydrogen-bond donors (Lipinski definition) is 2. The van der Waals surface area contributed by atoms with Crippen molar-refractivity contribution in [3.63, 3.8) is 0 Å². The van der Waals surface area contributed by atoms with Crippen LogP contribution in [0, 0.1) is 5.82 Å². The Balaban J connectivity index is 1.65. The monoisotopic (exact) mass is 393 g/mol. The average Bonchev–Trinajstić information content (AvgIpc) is 2.74. The van der Waals surface area contributed by atoms with E-state index in [1.807, 2.05) is 0 Å². The summed E-state index contributed by atoms with van der Waals surface area (Å²) in [5.74, 6) is 1.11. The van der Waals surface area contributed by atoms with Crippen molar-refractivity contribution >= 4 is 23.4 Å². The maximum atomic E-state index is 13.6. The molecule has 1 saturated heterocycles. The lowest BCUT2D eigenvalue weighted by Crippen LogP contribution is -2.33. The molecule has 3 aliphatic rings. The first-order valence-corrected chi connectivity index (χ1v) is 10.3. The Bertz CT molecular complexity index is 995. The third-order valence-electron chi connectivity index (χ3n) is 6.11. The molecule has 0 bridgehead atoms. The highest BCUT2D eigenvalue weighted by Gasteiger charge is 2.38. The number of piperidine rings is 1. The fraction of sp³-hybridized carbons (Fsp3) is 0.409. The summed E-state index contributed by atoms with van der Waals surface area (Å²) in [6.07, 6.45) is 5.59. The second-order valence-electron chi connectivity index (χ2n) is 8.00. The van der Waals surface area contributed by atoms with Gasteiger partial charge in [0.2, 0.25) is 5.95 Å². The van der Waals surface area contributed by atoms with Crippen LogP contribution in [0.5, 0.6) is 0 Å². The molecule has 5 rings (SSSR count). The average molecular weight is 393 g/mol. The summed E-state index contributed by atoms with van der Waals surface area (Å²) >= 11 is 0. The van der Waals surface area contributed by atoms with Crippen molar-refractivity contribution in [1.29, 1.82) is 0 Å². The van der Waals surface area contributed by atoms with Gasteiger partial charge in [0.1, 0.15) is 17.5 Å². The number of fused-ring (bicyclic) bond motifs is 1. The number of aromatic nitrogens is 2. The molecule has 0 unspecified atom stereocenters. The maximum absolute atomic E-state index is 13.6. The van der Waals surface area contributed by atoms with Gasteiger partial charge in [-0.3, -0.25) is 4.79 Å². The van der Waals surface area contributed by atoms with Crippen LogP contribution in [0.25, 0.3) is 0 Å². The number of anilines is 3. The molecular formula is C22H24FN5O. The molecule has 1 atom stereocenters. The lowest BCUT2D eigenvalue weighted by atomic mass is 9.76. The Morgan fingerprint density at radius 2 is 1.79 bits per heavy atom. The molecule has 0 radical (unpaired) electrons. The molecule has 29 heavy (non-hydrogen) atoms. The van der Waals surface area contributed by atoms with Gasteiger partial charge in [-0.1, -0.05) is 12.1 Å². The Labute approximate surface area is 169 Å². The molecule has 1 aliphatic carbocycles. The number of nitrogens with one attached hydrogen (secondary N) is 1. The summed E-state index contributed by atoms with van der Waals surface area (Å²) in [6, 6.07) is 6.28. The van der Waals surface area contributed by atoms with Crippen molar-refractivity contribution in [2.45, 2.75) is 44.4 Å². The van der Waals surface area contributed by atoms with Crippen molar-refractivity contribution in [1.82, 2.24) is 9.97 Å². The van der Waals surface area contributed by atoms with Crippen molar-refractivity contribution in [2.24, 2.45) is 0 Å². The standard InChI is InChI=1S/C22H24FN5O/c23-14-9-7-13(8-10-14)17-18-15(5-4-6-16(18)29)25-21-19(17)20(24)26-22(27-21)28-11-2-1-3-12-28/h7-10,17H,1-6,11-12H2,(H3,24,25,26,27)/t17-/m1/s1. The Morgan fingerprint density at radius 1 is 1.03 bits per heavy atom. The first kappa shape index (κ1) is 18.1. The lowest BCUT2D eigenvalue weighted by molar-refractivity contribution is -0.116. The van der Waals surface area contributed by atoms with Crippen LogP contribution in [0.3, 0.4) is 0 Å². The number of rotatable bonds is 2. The molecule has 1 aromatic heterocycles. The van der Waals surface area contributed by atoms with Crippen LogP contribution in [0.2, 0.25) is 0 Å². The van der Waals surface area contributed by atoms with Crippen LogP contribution in [-0.4, -0.2) is 28.8 Å². The van der Waals surface area contributed by atoms with Crippen LogP contribution >= 0.6 is 0 Å². The zero-order chi connectivity index (χ0) is 20.0. The second kappa shape index (κ2) is 7.13. The van der Waals surface area contributed by atoms with Gasteiger partial charge in [0, 0.05) is 42.3 Å². The number of ketones is 1. The molecule has 2 aliphatic heterocycles. The summed E-state index contributed by atoms with van der Waals surface area (Å²) in [6.45, 7) is 1.85. The SMILES string of the molecule is Nc1nc(N2CCCCC2)nc2c1[C@H](c1ccc(F)cc1)C1=C(CCCC1=O)N2. The van der Waals surface area contributed by atoms with Gasteiger partial charge in [-0.25, -0.2) is 4.39 Å². The molecule has 0 saturated carbocycles. The number of halogens is 1. The summed E-state index contributed by atoms with van der Waals surface area (Å²) in [5.41, 5.74) is 9.62. The molecule has 0 spiro atoms. The minimum atomic E-state index is -0.370. The number of benzene rings is 1. The summed E-state index contributed by atoms with van der Waals surface area (Å²) < 4.78 is 13.6. The predicted molar refractivity (Wildman–Crippen MR) is 110 cm³/mol. The van der Waals surface area contributed by atoms with Gasteiger partial charge in [0.05, 0.1) is 0 Å². The van der Waals surface area contributed by atoms with E-state index in [9.17, 15) is 9.18 Å². The minimum absolute atomic E-state index is 0.109. The highest BCUT2D eigenvalue weighted by Crippen LogP contribution is 2.47. The van der Waals surface area contributed by atoms with Crippen molar-refractivity contribution in [2.75, 3.05) is 29.0 Å². The molecule has 7 heteroatoms. The van der Waals surface area contributed by atoms with Crippen LogP contribution in [0.4, 0.5) is 22.0 Å². The fourth-order valence-corrected chi connectivity index (χ4v) is 4.69. The van der Waals surface area contributed by atoms with Crippen LogP contribution < -0.4 is 16.0 Å². The molecule has 1 fully saturated rings.